The first-order valence-electron chi connectivity index (χ1n) is 7.61. The number of rotatable bonds is 7. The topological polar surface area (TPSA) is 86.2 Å². The van der Waals surface area contributed by atoms with Crippen LogP contribution in [0.1, 0.15) is 15.9 Å². The van der Waals surface area contributed by atoms with Crippen LogP contribution in [0.15, 0.2) is 50.4 Å². The lowest BCUT2D eigenvalue weighted by Crippen LogP contribution is -2.18. The van der Waals surface area contributed by atoms with Gasteiger partial charge in [-0.05, 0) is 61.7 Å². The van der Waals surface area contributed by atoms with Crippen LogP contribution in [0, 0.1) is 0 Å². The van der Waals surface area contributed by atoms with Crippen LogP contribution in [0.3, 0.4) is 0 Å². The first-order valence-corrected chi connectivity index (χ1v) is 9.20. The zero-order chi connectivity index (χ0) is 19.8. The minimum Gasteiger partial charge on any atom is -0.493 e. The van der Waals surface area contributed by atoms with Gasteiger partial charge < -0.3 is 14.2 Å². The molecule has 1 amide bonds. The summed E-state index contributed by atoms with van der Waals surface area (Å²) >= 11 is 6.68. The highest BCUT2D eigenvalue weighted by Crippen LogP contribution is 2.36. The largest absolute Gasteiger partial charge is 0.493 e. The van der Waals surface area contributed by atoms with E-state index in [1.807, 2.05) is 6.07 Å². The van der Waals surface area contributed by atoms with Gasteiger partial charge in [-0.3, -0.25) is 4.79 Å². The summed E-state index contributed by atoms with van der Waals surface area (Å²) in [4.78, 5) is 23.4. The summed E-state index contributed by atoms with van der Waals surface area (Å²) < 4.78 is 16.5. The molecule has 2 aromatic carbocycles. The lowest BCUT2D eigenvalue weighted by atomic mass is 10.2. The second-order valence-corrected chi connectivity index (χ2v) is 6.79. The number of ether oxygens (including phenoxy) is 3. The standard InChI is InChI=1S/C18H16Br2N2O5/c1-25-15-8-11(7-14(20)17(15)27-10-16(23)26-2)9-21-22-18(24)12-5-3-4-6-13(12)19/h3-9H,10H2,1-2H3,(H,22,24)/b21-9-. The van der Waals surface area contributed by atoms with Gasteiger partial charge in [0, 0.05) is 4.47 Å². The van der Waals surface area contributed by atoms with Crippen LogP contribution in [0.4, 0.5) is 0 Å². The van der Waals surface area contributed by atoms with Gasteiger partial charge in [-0.15, -0.1) is 0 Å². The van der Waals surface area contributed by atoms with Gasteiger partial charge >= 0.3 is 5.97 Å². The van der Waals surface area contributed by atoms with Crippen LogP contribution < -0.4 is 14.9 Å². The highest BCUT2D eigenvalue weighted by molar-refractivity contribution is 9.10. The van der Waals surface area contributed by atoms with E-state index in [-0.39, 0.29) is 12.5 Å². The fourth-order valence-electron chi connectivity index (χ4n) is 2.02. The summed E-state index contributed by atoms with van der Waals surface area (Å²) in [6.07, 6.45) is 1.46. The molecule has 2 rings (SSSR count). The second kappa shape index (κ2) is 10.1. The van der Waals surface area contributed by atoms with Crippen molar-refractivity contribution in [3.05, 3.63) is 56.5 Å². The number of halogens is 2. The fraction of sp³-hybridized carbons (Fsp3) is 0.167. The Morgan fingerprint density at radius 3 is 2.56 bits per heavy atom. The van der Waals surface area contributed by atoms with Gasteiger partial charge in [0.1, 0.15) is 0 Å². The molecule has 0 saturated heterocycles. The number of hydrazone groups is 1. The lowest BCUT2D eigenvalue weighted by Gasteiger charge is -2.12. The van der Waals surface area contributed by atoms with Crippen LogP contribution in [-0.2, 0) is 9.53 Å². The summed E-state index contributed by atoms with van der Waals surface area (Å²) in [5, 5.41) is 3.96. The third-order valence-electron chi connectivity index (χ3n) is 3.31. The van der Waals surface area contributed by atoms with E-state index in [1.165, 1.54) is 20.4 Å². The lowest BCUT2D eigenvalue weighted by molar-refractivity contribution is -0.142. The monoisotopic (exact) mass is 498 g/mol. The van der Waals surface area contributed by atoms with Gasteiger partial charge in [0.05, 0.1) is 30.5 Å². The van der Waals surface area contributed by atoms with Crippen molar-refractivity contribution in [2.24, 2.45) is 5.10 Å². The normalized spacial score (nSPS) is 10.5. The van der Waals surface area contributed by atoms with Gasteiger partial charge in [0.2, 0.25) is 0 Å². The molecule has 0 saturated carbocycles. The predicted molar refractivity (Wildman–Crippen MR) is 107 cm³/mol. The maximum absolute atomic E-state index is 12.1. The van der Waals surface area contributed by atoms with E-state index in [1.54, 1.807) is 30.3 Å². The van der Waals surface area contributed by atoms with Crippen molar-refractivity contribution in [1.29, 1.82) is 0 Å². The number of nitrogens with zero attached hydrogens (tertiary/aromatic N) is 1. The van der Waals surface area contributed by atoms with E-state index in [0.29, 0.717) is 31.6 Å². The highest BCUT2D eigenvalue weighted by Gasteiger charge is 2.13. The smallest absolute Gasteiger partial charge is 0.343 e. The molecule has 0 aliphatic heterocycles. The Hall–Kier alpha value is -2.39. The first kappa shape index (κ1) is 20.9. The number of nitrogens with one attached hydrogen (secondary N) is 1. The number of carbonyl (C=O) groups is 2. The molecule has 0 aliphatic rings. The van der Waals surface area contributed by atoms with Gasteiger partial charge in [-0.25, -0.2) is 10.2 Å². The Balaban J connectivity index is 2.11. The van der Waals surface area contributed by atoms with Crippen molar-refractivity contribution in [2.75, 3.05) is 20.8 Å². The van der Waals surface area contributed by atoms with Crippen molar-refractivity contribution in [3.8, 4) is 11.5 Å². The third kappa shape index (κ3) is 5.80. The molecular formula is C18H16Br2N2O5. The maximum Gasteiger partial charge on any atom is 0.343 e. The summed E-state index contributed by atoms with van der Waals surface area (Å²) in [7, 11) is 2.75. The molecule has 7 nitrogen and oxygen atoms in total. The molecule has 1 N–H and O–H groups in total. The van der Waals surface area contributed by atoms with E-state index >= 15 is 0 Å². The average molecular weight is 500 g/mol. The molecule has 9 heteroatoms. The molecule has 142 valence electrons. The van der Waals surface area contributed by atoms with Crippen molar-refractivity contribution < 1.29 is 23.8 Å². The second-order valence-electron chi connectivity index (χ2n) is 5.08. The summed E-state index contributed by atoms with van der Waals surface area (Å²) in [6, 6.07) is 10.4. The molecule has 0 spiro atoms. The van der Waals surface area contributed by atoms with Gasteiger partial charge in [0.25, 0.3) is 5.91 Å². The number of hydrogen-bond donors (Lipinski definition) is 1. The molecule has 0 aromatic heterocycles. The molecule has 0 heterocycles. The van der Waals surface area contributed by atoms with Crippen molar-refractivity contribution in [3.63, 3.8) is 0 Å². The average Bonchev–Trinajstić information content (AvgIpc) is 2.66. The van der Waals surface area contributed by atoms with E-state index in [2.05, 4.69) is 47.1 Å². The van der Waals surface area contributed by atoms with Crippen LogP contribution >= 0.6 is 31.9 Å². The molecule has 0 fully saturated rings. The molecule has 27 heavy (non-hydrogen) atoms. The first-order chi connectivity index (χ1) is 13.0. The van der Waals surface area contributed by atoms with Crippen LogP contribution in [0.5, 0.6) is 11.5 Å². The number of esters is 1. The number of hydrogen-bond acceptors (Lipinski definition) is 6. The summed E-state index contributed by atoms with van der Waals surface area (Å²) in [5.74, 6) is -0.101. The van der Waals surface area contributed by atoms with Crippen LogP contribution in [0.25, 0.3) is 0 Å². The zero-order valence-electron chi connectivity index (χ0n) is 14.5. The Morgan fingerprint density at radius 2 is 1.89 bits per heavy atom. The molecule has 0 aliphatic carbocycles. The molecule has 0 unspecified atom stereocenters. The van der Waals surface area contributed by atoms with Crippen LogP contribution in [0.2, 0.25) is 0 Å². The number of amides is 1. The van der Waals surface area contributed by atoms with E-state index in [4.69, 9.17) is 9.47 Å². The summed E-state index contributed by atoms with van der Waals surface area (Å²) in [5.41, 5.74) is 3.58. The van der Waals surface area contributed by atoms with E-state index in [9.17, 15) is 9.59 Å². The van der Waals surface area contributed by atoms with Gasteiger partial charge in [-0.1, -0.05) is 12.1 Å². The highest BCUT2D eigenvalue weighted by atomic mass is 79.9. The number of methoxy groups -OCH3 is 2. The molecule has 0 radical (unpaired) electrons. The molecule has 2 aromatic rings. The Morgan fingerprint density at radius 1 is 1.15 bits per heavy atom. The predicted octanol–water partition coefficient (Wildman–Crippen LogP) is 3.54. The number of carbonyl (C=O) groups excluding carboxylic acids is 2. The SMILES string of the molecule is COC(=O)COc1c(Br)cc(/C=N\NC(=O)c2ccccc2Br)cc1OC. The van der Waals surface area contributed by atoms with Gasteiger partial charge in [0.15, 0.2) is 18.1 Å². The Labute approximate surface area is 172 Å². The van der Waals surface area contributed by atoms with Crippen molar-refractivity contribution >= 4 is 50.0 Å². The third-order valence-corrected chi connectivity index (χ3v) is 4.59. The van der Waals surface area contributed by atoms with E-state index < -0.39 is 5.97 Å². The number of benzene rings is 2. The Kier molecular flexibility index (Phi) is 7.81. The van der Waals surface area contributed by atoms with Crippen LogP contribution in [-0.4, -0.2) is 38.9 Å². The quantitative estimate of drug-likeness (QED) is 0.357. The van der Waals surface area contributed by atoms with Crippen molar-refractivity contribution in [2.45, 2.75) is 0 Å². The van der Waals surface area contributed by atoms with E-state index in [0.717, 1.165) is 0 Å². The molecular weight excluding hydrogens is 484 g/mol. The zero-order valence-corrected chi connectivity index (χ0v) is 17.7. The molecule has 0 atom stereocenters. The fourth-order valence-corrected chi connectivity index (χ4v) is 3.05. The van der Waals surface area contributed by atoms with Crippen molar-refractivity contribution in [1.82, 2.24) is 5.43 Å². The Bertz CT molecular complexity index is 871. The molecule has 0 bridgehead atoms. The minimum absolute atomic E-state index is 0.249. The minimum atomic E-state index is -0.510. The van der Waals surface area contributed by atoms with Gasteiger partial charge in [-0.2, -0.15) is 5.10 Å². The maximum atomic E-state index is 12.1. The summed E-state index contributed by atoms with van der Waals surface area (Å²) in [6.45, 7) is -0.249.